The average Bonchev–Trinajstić information content (AvgIpc) is 3.27. The van der Waals surface area contributed by atoms with E-state index in [9.17, 15) is 0 Å². The Hall–Kier alpha value is -3.15. The van der Waals surface area contributed by atoms with Gasteiger partial charge in [0.15, 0.2) is 0 Å². The predicted molar refractivity (Wildman–Crippen MR) is 126 cm³/mol. The van der Waals surface area contributed by atoms with E-state index >= 15 is 0 Å². The fraction of sp³-hybridized carbons (Fsp3) is 0.0833. The Bertz CT molecular complexity index is 1120. The van der Waals surface area contributed by atoms with Crippen LogP contribution in [0.4, 0.5) is 5.13 Å². The van der Waals surface area contributed by atoms with Crippen molar-refractivity contribution in [3.8, 4) is 17.0 Å². The van der Waals surface area contributed by atoms with Gasteiger partial charge >= 0.3 is 0 Å². The summed E-state index contributed by atoms with van der Waals surface area (Å²) in [7, 11) is 0. The fourth-order valence-corrected chi connectivity index (χ4v) is 3.60. The summed E-state index contributed by atoms with van der Waals surface area (Å²) in [5, 5.41) is 7.91. The van der Waals surface area contributed by atoms with Crippen LogP contribution in [0.5, 0.6) is 5.75 Å². The first kappa shape index (κ1) is 20.1. The molecular formula is C24H20ClN3OS. The van der Waals surface area contributed by atoms with Crippen LogP contribution in [0.2, 0.25) is 5.02 Å². The Balaban J connectivity index is 1.36. The van der Waals surface area contributed by atoms with E-state index in [0.29, 0.717) is 11.6 Å². The fourth-order valence-electron chi connectivity index (χ4n) is 2.81. The molecule has 4 rings (SSSR count). The summed E-state index contributed by atoms with van der Waals surface area (Å²) in [4.78, 5) is 4.58. The van der Waals surface area contributed by atoms with Crippen LogP contribution >= 0.6 is 22.9 Å². The van der Waals surface area contributed by atoms with Gasteiger partial charge in [0.2, 0.25) is 5.13 Å². The Morgan fingerprint density at radius 3 is 2.47 bits per heavy atom. The van der Waals surface area contributed by atoms with Gasteiger partial charge in [-0.3, -0.25) is 5.43 Å². The van der Waals surface area contributed by atoms with Gasteiger partial charge in [-0.2, -0.15) is 5.10 Å². The highest BCUT2D eigenvalue weighted by molar-refractivity contribution is 7.14. The Morgan fingerprint density at radius 2 is 1.73 bits per heavy atom. The summed E-state index contributed by atoms with van der Waals surface area (Å²) in [6.07, 6.45) is 0. The number of rotatable bonds is 7. The molecule has 0 aliphatic carbocycles. The molecule has 0 amide bonds. The number of benzene rings is 3. The highest BCUT2D eigenvalue weighted by atomic mass is 35.5. The normalized spacial score (nSPS) is 11.3. The van der Waals surface area contributed by atoms with Crippen molar-refractivity contribution in [3.63, 3.8) is 0 Å². The number of halogens is 1. The number of hydrogen-bond acceptors (Lipinski definition) is 5. The molecule has 0 radical (unpaired) electrons. The SMILES string of the molecule is C/C(=N/Nc1nc(-c2ccc(Cl)cc2)cs1)c1ccc(OCc2ccccc2)cc1. The Morgan fingerprint density at radius 1 is 1.00 bits per heavy atom. The van der Waals surface area contributed by atoms with Crippen LogP contribution in [0.15, 0.2) is 89.3 Å². The van der Waals surface area contributed by atoms with Gasteiger partial charge in [0, 0.05) is 16.0 Å². The molecule has 3 aromatic carbocycles. The number of aromatic nitrogens is 1. The maximum atomic E-state index is 5.95. The van der Waals surface area contributed by atoms with E-state index in [4.69, 9.17) is 16.3 Å². The van der Waals surface area contributed by atoms with Crippen molar-refractivity contribution in [2.45, 2.75) is 13.5 Å². The lowest BCUT2D eigenvalue weighted by Gasteiger charge is -2.07. The zero-order chi connectivity index (χ0) is 20.8. The molecule has 0 aliphatic heterocycles. The average molecular weight is 434 g/mol. The third-order valence-electron chi connectivity index (χ3n) is 4.48. The maximum Gasteiger partial charge on any atom is 0.203 e. The quantitative estimate of drug-likeness (QED) is 0.255. The topological polar surface area (TPSA) is 46.5 Å². The second kappa shape index (κ2) is 9.57. The Labute approximate surface area is 184 Å². The van der Waals surface area contributed by atoms with E-state index in [-0.39, 0.29) is 0 Å². The maximum absolute atomic E-state index is 5.95. The summed E-state index contributed by atoms with van der Waals surface area (Å²) in [5.41, 5.74) is 7.99. The van der Waals surface area contributed by atoms with Crippen LogP contribution in [-0.4, -0.2) is 10.7 Å². The van der Waals surface area contributed by atoms with E-state index in [1.165, 1.54) is 11.3 Å². The highest BCUT2D eigenvalue weighted by Crippen LogP contribution is 2.26. The van der Waals surface area contributed by atoms with Crippen molar-refractivity contribution in [1.82, 2.24) is 4.98 Å². The monoisotopic (exact) mass is 433 g/mol. The number of hydrazone groups is 1. The lowest BCUT2D eigenvalue weighted by Crippen LogP contribution is -2.00. The standard InChI is InChI=1S/C24H20ClN3OS/c1-17(19-9-13-22(14-10-19)29-15-18-5-3-2-4-6-18)27-28-24-26-23(16-30-24)20-7-11-21(25)12-8-20/h2-14,16H,15H2,1H3,(H,26,28)/b27-17-. The lowest BCUT2D eigenvalue weighted by molar-refractivity contribution is 0.306. The zero-order valence-corrected chi connectivity index (χ0v) is 18.0. The van der Waals surface area contributed by atoms with Gasteiger partial charge in [-0.15, -0.1) is 11.3 Å². The molecule has 0 spiro atoms. The first-order valence-corrected chi connectivity index (χ1v) is 10.7. The molecule has 6 heteroatoms. The first-order chi connectivity index (χ1) is 14.7. The van der Waals surface area contributed by atoms with Crippen LogP contribution in [-0.2, 0) is 6.61 Å². The number of anilines is 1. The molecule has 1 heterocycles. The van der Waals surface area contributed by atoms with Gasteiger partial charge in [0.25, 0.3) is 0 Å². The second-order valence-corrected chi connectivity index (χ2v) is 7.95. The van der Waals surface area contributed by atoms with Crippen LogP contribution < -0.4 is 10.2 Å². The summed E-state index contributed by atoms with van der Waals surface area (Å²) >= 11 is 7.46. The van der Waals surface area contributed by atoms with Crippen LogP contribution in [0.3, 0.4) is 0 Å². The van der Waals surface area contributed by atoms with Crippen LogP contribution in [0.25, 0.3) is 11.3 Å². The molecule has 0 saturated carbocycles. The molecule has 150 valence electrons. The molecule has 4 aromatic rings. The predicted octanol–water partition coefficient (Wildman–Crippen LogP) is 6.88. The number of hydrogen-bond donors (Lipinski definition) is 1. The van der Waals surface area contributed by atoms with Crippen molar-refractivity contribution >= 4 is 33.8 Å². The molecule has 0 fully saturated rings. The smallest absolute Gasteiger partial charge is 0.203 e. The highest BCUT2D eigenvalue weighted by Gasteiger charge is 2.05. The van der Waals surface area contributed by atoms with Crippen LogP contribution in [0.1, 0.15) is 18.1 Å². The minimum Gasteiger partial charge on any atom is -0.489 e. The summed E-state index contributed by atoms with van der Waals surface area (Å²) < 4.78 is 5.84. The van der Waals surface area contributed by atoms with Crippen molar-refractivity contribution in [1.29, 1.82) is 0 Å². The van der Waals surface area contributed by atoms with Crippen molar-refractivity contribution in [2.24, 2.45) is 5.10 Å². The van der Waals surface area contributed by atoms with Crippen molar-refractivity contribution < 1.29 is 4.74 Å². The van der Waals surface area contributed by atoms with Gasteiger partial charge in [-0.25, -0.2) is 4.98 Å². The number of nitrogens with one attached hydrogen (secondary N) is 1. The number of ether oxygens (including phenoxy) is 1. The zero-order valence-electron chi connectivity index (χ0n) is 16.4. The molecule has 30 heavy (non-hydrogen) atoms. The van der Waals surface area contributed by atoms with Crippen molar-refractivity contribution in [3.05, 3.63) is 100 Å². The number of nitrogens with zero attached hydrogens (tertiary/aromatic N) is 2. The minimum atomic E-state index is 0.550. The van der Waals surface area contributed by atoms with Gasteiger partial charge in [-0.1, -0.05) is 54.1 Å². The van der Waals surface area contributed by atoms with Crippen LogP contribution in [0, 0.1) is 0 Å². The van der Waals surface area contributed by atoms with E-state index < -0.39 is 0 Å². The van der Waals surface area contributed by atoms with E-state index in [2.05, 4.69) is 15.5 Å². The van der Waals surface area contributed by atoms with E-state index in [1.807, 2.05) is 91.2 Å². The third-order valence-corrected chi connectivity index (χ3v) is 5.48. The molecule has 0 unspecified atom stereocenters. The largest absolute Gasteiger partial charge is 0.489 e. The Kier molecular flexibility index (Phi) is 6.42. The molecular weight excluding hydrogens is 414 g/mol. The molecule has 0 aliphatic rings. The van der Waals surface area contributed by atoms with Crippen molar-refractivity contribution in [2.75, 3.05) is 5.43 Å². The van der Waals surface area contributed by atoms with Gasteiger partial charge in [0.1, 0.15) is 12.4 Å². The van der Waals surface area contributed by atoms with Gasteiger partial charge in [0.05, 0.1) is 11.4 Å². The van der Waals surface area contributed by atoms with Gasteiger partial charge in [-0.05, 0) is 54.4 Å². The molecule has 4 nitrogen and oxygen atoms in total. The summed E-state index contributed by atoms with van der Waals surface area (Å²) in [6.45, 7) is 2.51. The second-order valence-electron chi connectivity index (χ2n) is 6.65. The molecule has 0 bridgehead atoms. The third kappa shape index (κ3) is 5.26. The van der Waals surface area contributed by atoms with E-state index in [0.717, 1.165) is 39.0 Å². The summed E-state index contributed by atoms with van der Waals surface area (Å²) in [6, 6.07) is 25.7. The molecule has 0 atom stereocenters. The molecule has 0 saturated heterocycles. The molecule has 1 N–H and O–H groups in total. The summed E-state index contributed by atoms with van der Waals surface area (Å²) in [5.74, 6) is 0.830. The number of thiazole rings is 1. The minimum absolute atomic E-state index is 0.550. The lowest BCUT2D eigenvalue weighted by atomic mass is 10.1. The molecule has 1 aromatic heterocycles. The van der Waals surface area contributed by atoms with E-state index in [1.54, 1.807) is 0 Å². The first-order valence-electron chi connectivity index (χ1n) is 9.46. The van der Waals surface area contributed by atoms with Gasteiger partial charge < -0.3 is 4.74 Å².